The largest absolute Gasteiger partial charge is 0.481 e. The molecule has 1 unspecified atom stereocenters. The zero-order valence-corrected chi connectivity index (χ0v) is 6.97. The second kappa shape index (κ2) is 3.90. The molecule has 1 atom stereocenters. The van der Waals surface area contributed by atoms with Crippen LogP contribution in [0.15, 0.2) is 18.7 Å². The maximum atomic E-state index is 10.4. The summed E-state index contributed by atoms with van der Waals surface area (Å²) in [7, 11) is 0. The van der Waals surface area contributed by atoms with E-state index in [1.165, 1.54) is 0 Å². The van der Waals surface area contributed by atoms with Gasteiger partial charge in [0.2, 0.25) is 0 Å². The number of carbonyl (C=O) groups is 1. The predicted molar refractivity (Wildman–Crippen MR) is 43.6 cm³/mol. The van der Waals surface area contributed by atoms with Crippen LogP contribution < -0.4 is 0 Å². The number of aromatic nitrogens is 2. The van der Waals surface area contributed by atoms with Gasteiger partial charge in [0.15, 0.2) is 0 Å². The minimum absolute atomic E-state index is 0.285. The zero-order valence-electron chi connectivity index (χ0n) is 6.97. The zero-order chi connectivity index (χ0) is 8.97. The van der Waals surface area contributed by atoms with Crippen molar-refractivity contribution in [2.24, 2.45) is 5.92 Å². The summed E-state index contributed by atoms with van der Waals surface area (Å²) in [6, 6.07) is 0. The average molecular weight is 168 g/mol. The highest BCUT2D eigenvalue weighted by Gasteiger charge is 2.09. The normalized spacial score (nSPS) is 12.8. The van der Waals surface area contributed by atoms with Crippen molar-refractivity contribution in [3.05, 3.63) is 18.7 Å². The maximum absolute atomic E-state index is 10.4. The van der Waals surface area contributed by atoms with Gasteiger partial charge in [-0.15, -0.1) is 0 Å². The van der Waals surface area contributed by atoms with Crippen LogP contribution in [0.5, 0.6) is 0 Å². The molecule has 0 aliphatic carbocycles. The molecule has 12 heavy (non-hydrogen) atoms. The van der Waals surface area contributed by atoms with Crippen LogP contribution in [0.4, 0.5) is 0 Å². The van der Waals surface area contributed by atoms with Crippen LogP contribution in [0.25, 0.3) is 0 Å². The number of nitrogens with zero attached hydrogens (tertiary/aromatic N) is 2. The minimum atomic E-state index is -0.741. The molecule has 0 saturated heterocycles. The van der Waals surface area contributed by atoms with Crippen molar-refractivity contribution in [3.63, 3.8) is 0 Å². The van der Waals surface area contributed by atoms with Gasteiger partial charge in [0.1, 0.15) is 0 Å². The highest BCUT2D eigenvalue weighted by Crippen LogP contribution is 2.03. The molecule has 4 nitrogen and oxygen atoms in total. The quantitative estimate of drug-likeness (QED) is 0.729. The van der Waals surface area contributed by atoms with E-state index in [2.05, 4.69) is 4.98 Å². The molecule has 0 bridgehead atoms. The first-order valence-electron chi connectivity index (χ1n) is 3.88. The standard InChI is InChI=1S/C8H12N2O2/c1-7(8(11)12)2-4-10-5-3-9-6-10/h3,5-7H,2,4H2,1H3,(H,11,12). The Labute approximate surface area is 70.9 Å². The van der Waals surface area contributed by atoms with Crippen LogP contribution >= 0.6 is 0 Å². The van der Waals surface area contributed by atoms with E-state index in [1.54, 1.807) is 19.4 Å². The van der Waals surface area contributed by atoms with Gasteiger partial charge in [-0.05, 0) is 6.42 Å². The van der Waals surface area contributed by atoms with Crippen molar-refractivity contribution >= 4 is 5.97 Å². The Morgan fingerprint density at radius 3 is 3.00 bits per heavy atom. The Hall–Kier alpha value is -1.32. The molecule has 1 aromatic rings. The van der Waals surface area contributed by atoms with Gasteiger partial charge in [-0.2, -0.15) is 0 Å². The van der Waals surface area contributed by atoms with Crippen molar-refractivity contribution in [1.82, 2.24) is 9.55 Å². The molecule has 1 N–H and O–H groups in total. The van der Waals surface area contributed by atoms with Gasteiger partial charge in [-0.1, -0.05) is 6.92 Å². The monoisotopic (exact) mass is 168 g/mol. The van der Waals surface area contributed by atoms with E-state index in [1.807, 2.05) is 10.8 Å². The van der Waals surface area contributed by atoms with Crippen molar-refractivity contribution in [3.8, 4) is 0 Å². The van der Waals surface area contributed by atoms with Crippen LogP contribution in [0.1, 0.15) is 13.3 Å². The summed E-state index contributed by atoms with van der Waals surface area (Å²) < 4.78 is 1.87. The molecule has 1 aromatic heterocycles. The summed E-state index contributed by atoms with van der Waals surface area (Å²) in [5, 5.41) is 8.59. The van der Waals surface area contributed by atoms with Crippen molar-refractivity contribution in [1.29, 1.82) is 0 Å². The van der Waals surface area contributed by atoms with Crippen LogP contribution in [-0.4, -0.2) is 20.6 Å². The van der Waals surface area contributed by atoms with E-state index in [4.69, 9.17) is 5.11 Å². The lowest BCUT2D eigenvalue weighted by molar-refractivity contribution is -0.141. The Morgan fingerprint density at radius 1 is 1.75 bits per heavy atom. The molecule has 0 fully saturated rings. The SMILES string of the molecule is CC(CCn1ccnc1)C(=O)O. The van der Waals surface area contributed by atoms with Gasteiger partial charge < -0.3 is 9.67 Å². The summed E-state index contributed by atoms with van der Waals surface area (Å²) in [6.45, 7) is 2.42. The highest BCUT2D eigenvalue weighted by atomic mass is 16.4. The number of aryl methyl sites for hydroxylation is 1. The Morgan fingerprint density at radius 2 is 2.50 bits per heavy atom. The molecule has 1 heterocycles. The van der Waals surface area contributed by atoms with E-state index in [-0.39, 0.29) is 5.92 Å². The van der Waals surface area contributed by atoms with Crippen molar-refractivity contribution < 1.29 is 9.90 Å². The first kappa shape index (κ1) is 8.77. The second-order valence-electron chi connectivity index (χ2n) is 2.83. The molecule has 0 radical (unpaired) electrons. The third-order valence-corrected chi connectivity index (χ3v) is 1.80. The summed E-state index contributed by atoms with van der Waals surface area (Å²) in [5.41, 5.74) is 0. The van der Waals surface area contributed by atoms with Gasteiger partial charge in [0.05, 0.1) is 12.2 Å². The molecule has 4 heteroatoms. The lowest BCUT2D eigenvalue weighted by atomic mass is 10.1. The fraction of sp³-hybridized carbons (Fsp3) is 0.500. The molecule has 1 rings (SSSR count). The Bertz CT molecular complexity index is 244. The van der Waals surface area contributed by atoms with Gasteiger partial charge in [0, 0.05) is 18.9 Å². The van der Waals surface area contributed by atoms with Gasteiger partial charge >= 0.3 is 5.97 Å². The van der Waals surface area contributed by atoms with E-state index >= 15 is 0 Å². The third-order valence-electron chi connectivity index (χ3n) is 1.80. The summed E-state index contributed by atoms with van der Waals surface area (Å²) in [6.07, 6.45) is 5.85. The summed E-state index contributed by atoms with van der Waals surface area (Å²) >= 11 is 0. The number of carboxylic acid groups (broad SMARTS) is 1. The Balaban J connectivity index is 2.31. The maximum Gasteiger partial charge on any atom is 0.306 e. The number of hydrogen-bond acceptors (Lipinski definition) is 2. The van der Waals surface area contributed by atoms with Crippen LogP contribution in [0, 0.1) is 5.92 Å². The van der Waals surface area contributed by atoms with Crippen LogP contribution in [0.2, 0.25) is 0 Å². The van der Waals surface area contributed by atoms with E-state index in [0.717, 1.165) is 0 Å². The van der Waals surface area contributed by atoms with E-state index in [9.17, 15) is 4.79 Å². The Kier molecular flexibility index (Phi) is 2.85. The lowest BCUT2D eigenvalue weighted by Crippen LogP contribution is -2.11. The lowest BCUT2D eigenvalue weighted by Gasteiger charge is -2.05. The molecule has 0 spiro atoms. The van der Waals surface area contributed by atoms with E-state index in [0.29, 0.717) is 13.0 Å². The first-order valence-corrected chi connectivity index (χ1v) is 3.88. The molecule has 0 saturated carbocycles. The van der Waals surface area contributed by atoms with E-state index < -0.39 is 5.97 Å². The fourth-order valence-corrected chi connectivity index (χ4v) is 0.885. The van der Waals surface area contributed by atoms with Crippen molar-refractivity contribution in [2.45, 2.75) is 19.9 Å². The molecular weight excluding hydrogens is 156 g/mol. The van der Waals surface area contributed by atoms with Gasteiger partial charge in [-0.25, -0.2) is 4.98 Å². The second-order valence-corrected chi connectivity index (χ2v) is 2.83. The average Bonchev–Trinajstić information content (AvgIpc) is 2.51. The van der Waals surface area contributed by atoms with Gasteiger partial charge in [0.25, 0.3) is 0 Å². The van der Waals surface area contributed by atoms with Crippen LogP contribution in [0.3, 0.4) is 0 Å². The number of imidazole rings is 1. The fourth-order valence-electron chi connectivity index (χ4n) is 0.885. The first-order chi connectivity index (χ1) is 5.70. The number of hydrogen-bond donors (Lipinski definition) is 1. The summed E-state index contributed by atoms with van der Waals surface area (Å²) in [4.78, 5) is 14.3. The van der Waals surface area contributed by atoms with Crippen molar-refractivity contribution in [2.75, 3.05) is 0 Å². The molecule has 0 aliphatic heterocycles. The molecular formula is C8H12N2O2. The summed E-state index contributed by atoms with van der Waals surface area (Å²) in [5.74, 6) is -1.03. The molecule has 66 valence electrons. The topological polar surface area (TPSA) is 55.1 Å². The molecule has 0 amide bonds. The molecule has 0 aliphatic rings. The number of aliphatic carboxylic acids is 1. The number of carboxylic acids is 1. The predicted octanol–water partition coefficient (Wildman–Crippen LogP) is 0.994. The third kappa shape index (κ3) is 2.38. The minimum Gasteiger partial charge on any atom is -0.481 e. The van der Waals surface area contributed by atoms with Crippen LogP contribution in [-0.2, 0) is 11.3 Å². The van der Waals surface area contributed by atoms with Gasteiger partial charge in [-0.3, -0.25) is 4.79 Å². The molecule has 0 aromatic carbocycles. The number of rotatable bonds is 4. The highest BCUT2D eigenvalue weighted by molar-refractivity contribution is 5.69. The smallest absolute Gasteiger partial charge is 0.306 e.